The van der Waals surface area contributed by atoms with Crippen molar-refractivity contribution in [2.45, 2.75) is 13.3 Å². The summed E-state index contributed by atoms with van der Waals surface area (Å²) in [4.78, 5) is 11.9. The fourth-order valence-corrected chi connectivity index (χ4v) is 1.67. The van der Waals surface area contributed by atoms with E-state index in [0.717, 1.165) is 0 Å². The van der Waals surface area contributed by atoms with Gasteiger partial charge in [0.25, 0.3) is 0 Å². The number of methoxy groups -OCH3 is 1. The van der Waals surface area contributed by atoms with Gasteiger partial charge < -0.3 is 25.6 Å². The van der Waals surface area contributed by atoms with Gasteiger partial charge in [-0.2, -0.15) is 0 Å². The number of rotatable bonds is 8. The summed E-state index contributed by atoms with van der Waals surface area (Å²) in [6.45, 7) is 2.38. The van der Waals surface area contributed by atoms with Crippen molar-refractivity contribution < 1.29 is 19.4 Å². The van der Waals surface area contributed by atoms with E-state index in [-0.39, 0.29) is 25.0 Å². The molecule has 0 aliphatic carbocycles. The van der Waals surface area contributed by atoms with E-state index >= 15 is 0 Å². The zero-order valence-electron chi connectivity index (χ0n) is 11.9. The molecule has 1 aromatic rings. The molecule has 112 valence electrons. The van der Waals surface area contributed by atoms with Crippen LogP contribution in [0.4, 0.5) is 5.69 Å². The van der Waals surface area contributed by atoms with E-state index in [4.69, 9.17) is 20.3 Å². The van der Waals surface area contributed by atoms with E-state index in [1.54, 1.807) is 18.2 Å². The first-order valence-electron chi connectivity index (χ1n) is 6.55. The highest BCUT2D eigenvalue weighted by molar-refractivity contribution is 5.92. The SMILES string of the molecule is COc1ccc(NC(=O)C(C)CCN)cc1OCCO. The number of carbonyl (C=O) groups excluding carboxylic acids is 1. The third-order valence-electron chi connectivity index (χ3n) is 2.83. The van der Waals surface area contributed by atoms with Crippen LogP contribution in [0.25, 0.3) is 0 Å². The number of ether oxygens (including phenoxy) is 2. The number of nitrogens with two attached hydrogens (primary N) is 1. The molecule has 0 fully saturated rings. The Morgan fingerprint density at radius 1 is 1.45 bits per heavy atom. The molecule has 0 aliphatic rings. The van der Waals surface area contributed by atoms with Crippen LogP contribution in [-0.2, 0) is 4.79 Å². The third-order valence-corrected chi connectivity index (χ3v) is 2.83. The van der Waals surface area contributed by atoms with Gasteiger partial charge in [-0.1, -0.05) is 6.92 Å². The zero-order valence-corrected chi connectivity index (χ0v) is 11.9. The van der Waals surface area contributed by atoms with Crippen molar-refractivity contribution in [1.29, 1.82) is 0 Å². The van der Waals surface area contributed by atoms with Crippen LogP contribution < -0.4 is 20.5 Å². The number of hydrogen-bond donors (Lipinski definition) is 3. The standard InChI is InChI=1S/C14H22N2O4/c1-10(5-6-15)14(18)16-11-3-4-12(19-2)13(9-11)20-8-7-17/h3-4,9-10,17H,5-8,15H2,1-2H3,(H,16,18). The molecule has 0 saturated carbocycles. The van der Waals surface area contributed by atoms with Gasteiger partial charge in [0.2, 0.25) is 5.91 Å². The van der Waals surface area contributed by atoms with E-state index in [1.807, 2.05) is 6.92 Å². The van der Waals surface area contributed by atoms with Crippen molar-refractivity contribution in [2.75, 3.05) is 32.2 Å². The predicted octanol–water partition coefficient (Wildman–Crippen LogP) is 0.990. The first-order chi connectivity index (χ1) is 9.62. The number of nitrogens with one attached hydrogen (secondary N) is 1. The van der Waals surface area contributed by atoms with E-state index in [0.29, 0.717) is 30.2 Å². The van der Waals surface area contributed by atoms with Gasteiger partial charge in [0, 0.05) is 17.7 Å². The molecular formula is C14H22N2O4. The fourth-order valence-electron chi connectivity index (χ4n) is 1.67. The molecule has 0 radical (unpaired) electrons. The molecule has 20 heavy (non-hydrogen) atoms. The summed E-state index contributed by atoms with van der Waals surface area (Å²) in [7, 11) is 1.53. The molecule has 4 N–H and O–H groups in total. The Hall–Kier alpha value is -1.79. The van der Waals surface area contributed by atoms with Crippen LogP contribution in [0.15, 0.2) is 18.2 Å². The summed E-state index contributed by atoms with van der Waals surface area (Å²) < 4.78 is 10.5. The molecular weight excluding hydrogens is 260 g/mol. The number of anilines is 1. The first kappa shape index (κ1) is 16.3. The minimum absolute atomic E-state index is 0.0891. The average Bonchev–Trinajstić information content (AvgIpc) is 2.45. The lowest BCUT2D eigenvalue weighted by atomic mass is 10.1. The predicted molar refractivity (Wildman–Crippen MR) is 77.0 cm³/mol. The van der Waals surface area contributed by atoms with Crippen molar-refractivity contribution in [3.05, 3.63) is 18.2 Å². The summed E-state index contributed by atoms with van der Waals surface area (Å²) in [5.41, 5.74) is 6.06. The second-order valence-electron chi connectivity index (χ2n) is 4.41. The Morgan fingerprint density at radius 3 is 2.80 bits per heavy atom. The second kappa shape index (κ2) is 8.39. The minimum atomic E-state index is -0.149. The first-order valence-corrected chi connectivity index (χ1v) is 6.55. The molecule has 0 aromatic heterocycles. The van der Waals surface area contributed by atoms with Crippen LogP contribution in [0.3, 0.4) is 0 Å². The molecule has 1 unspecified atom stereocenters. The van der Waals surface area contributed by atoms with E-state index in [9.17, 15) is 4.79 Å². The molecule has 1 rings (SSSR count). The van der Waals surface area contributed by atoms with Gasteiger partial charge in [-0.3, -0.25) is 4.79 Å². The number of amides is 1. The lowest BCUT2D eigenvalue weighted by molar-refractivity contribution is -0.119. The summed E-state index contributed by atoms with van der Waals surface area (Å²) in [6.07, 6.45) is 0.635. The molecule has 1 aromatic carbocycles. The quantitative estimate of drug-likeness (QED) is 0.661. The lowest BCUT2D eigenvalue weighted by Crippen LogP contribution is -2.22. The van der Waals surface area contributed by atoms with Crippen molar-refractivity contribution in [2.24, 2.45) is 11.7 Å². The highest BCUT2D eigenvalue weighted by Gasteiger charge is 2.13. The van der Waals surface area contributed by atoms with Gasteiger partial charge in [-0.25, -0.2) is 0 Å². The topological polar surface area (TPSA) is 93.8 Å². The molecule has 0 aliphatic heterocycles. The van der Waals surface area contributed by atoms with Gasteiger partial charge in [-0.15, -0.1) is 0 Å². The van der Waals surface area contributed by atoms with Crippen molar-refractivity contribution in [1.82, 2.24) is 0 Å². The van der Waals surface area contributed by atoms with Crippen molar-refractivity contribution >= 4 is 11.6 Å². The van der Waals surface area contributed by atoms with Gasteiger partial charge in [0.15, 0.2) is 11.5 Å². The summed E-state index contributed by atoms with van der Waals surface area (Å²) in [5.74, 6) is 0.787. The van der Waals surface area contributed by atoms with Crippen LogP contribution in [0, 0.1) is 5.92 Å². The van der Waals surface area contributed by atoms with Crippen LogP contribution >= 0.6 is 0 Å². The number of benzene rings is 1. The Labute approximate surface area is 118 Å². The molecule has 0 saturated heterocycles. The van der Waals surface area contributed by atoms with Gasteiger partial charge >= 0.3 is 0 Å². The zero-order chi connectivity index (χ0) is 15.0. The Morgan fingerprint density at radius 2 is 2.20 bits per heavy atom. The normalized spacial score (nSPS) is 11.8. The largest absolute Gasteiger partial charge is 0.493 e. The number of carbonyl (C=O) groups is 1. The molecule has 1 atom stereocenters. The molecule has 1 amide bonds. The Bertz CT molecular complexity index is 437. The second-order valence-corrected chi connectivity index (χ2v) is 4.41. The van der Waals surface area contributed by atoms with Crippen LogP contribution in [0.1, 0.15) is 13.3 Å². The van der Waals surface area contributed by atoms with E-state index in [1.165, 1.54) is 7.11 Å². The number of aliphatic hydroxyl groups is 1. The lowest BCUT2D eigenvalue weighted by Gasteiger charge is -2.14. The highest BCUT2D eigenvalue weighted by atomic mass is 16.5. The maximum absolute atomic E-state index is 11.9. The summed E-state index contributed by atoms with van der Waals surface area (Å²) in [5, 5.41) is 11.6. The number of hydrogen-bond acceptors (Lipinski definition) is 5. The van der Waals surface area contributed by atoms with Gasteiger partial charge in [0.1, 0.15) is 6.61 Å². The summed E-state index contributed by atoms with van der Waals surface area (Å²) >= 11 is 0. The number of aliphatic hydroxyl groups excluding tert-OH is 1. The smallest absolute Gasteiger partial charge is 0.227 e. The Kier molecular flexibility index (Phi) is 6.83. The fraction of sp³-hybridized carbons (Fsp3) is 0.500. The third kappa shape index (κ3) is 4.71. The minimum Gasteiger partial charge on any atom is -0.493 e. The van der Waals surface area contributed by atoms with Gasteiger partial charge in [-0.05, 0) is 25.1 Å². The molecule has 0 heterocycles. The summed E-state index contributed by atoms with van der Waals surface area (Å²) in [6, 6.07) is 5.11. The van der Waals surface area contributed by atoms with Gasteiger partial charge in [0.05, 0.1) is 13.7 Å². The van der Waals surface area contributed by atoms with Crippen molar-refractivity contribution in [3.63, 3.8) is 0 Å². The average molecular weight is 282 g/mol. The molecule has 0 spiro atoms. The maximum atomic E-state index is 11.9. The monoisotopic (exact) mass is 282 g/mol. The van der Waals surface area contributed by atoms with Crippen molar-refractivity contribution in [3.8, 4) is 11.5 Å². The van der Waals surface area contributed by atoms with E-state index < -0.39 is 0 Å². The van der Waals surface area contributed by atoms with Crippen LogP contribution in [-0.4, -0.2) is 37.9 Å². The molecule has 6 nitrogen and oxygen atoms in total. The highest BCUT2D eigenvalue weighted by Crippen LogP contribution is 2.30. The van der Waals surface area contributed by atoms with Crippen LogP contribution in [0.2, 0.25) is 0 Å². The van der Waals surface area contributed by atoms with Crippen LogP contribution in [0.5, 0.6) is 11.5 Å². The molecule has 0 bridgehead atoms. The maximum Gasteiger partial charge on any atom is 0.227 e. The molecule has 6 heteroatoms. The Balaban J connectivity index is 2.77. The van der Waals surface area contributed by atoms with E-state index in [2.05, 4.69) is 5.32 Å².